The third-order valence-corrected chi connectivity index (χ3v) is 2.87. The first-order valence-electron chi connectivity index (χ1n) is 6.42. The molecule has 3 nitrogen and oxygen atoms in total. The second kappa shape index (κ2) is 8.35. The Bertz CT molecular complexity index is 358. The fraction of sp³-hybridized carbons (Fsp3) is 0.571. The lowest BCUT2D eigenvalue weighted by molar-refractivity contribution is 0.109. The standard InChI is InChI=1S/C14H22ClNO2/c1-4-16-11(3)13-10-12(15)6-7-14(13)18-9-8-17-5-2/h6-7,10-11,16H,4-5,8-9H2,1-3H3. The minimum absolute atomic E-state index is 0.218. The molecule has 0 spiro atoms. The SMILES string of the molecule is CCNC(C)c1cc(Cl)ccc1OCCOCC. The zero-order chi connectivity index (χ0) is 13.4. The van der Waals surface area contributed by atoms with Crippen LogP contribution in [-0.4, -0.2) is 26.4 Å². The summed E-state index contributed by atoms with van der Waals surface area (Å²) in [5.41, 5.74) is 1.08. The Hall–Kier alpha value is -0.770. The highest BCUT2D eigenvalue weighted by molar-refractivity contribution is 6.30. The first-order valence-corrected chi connectivity index (χ1v) is 6.80. The lowest BCUT2D eigenvalue weighted by Crippen LogP contribution is -2.19. The van der Waals surface area contributed by atoms with Crippen molar-refractivity contribution in [2.75, 3.05) is 26.4 Å². The van der Waals surface area contributed by atoms with Crippen LogP contribution in [0.4, 0.5) is 0 Å². The van der Waals surface area contributed by atoms with E-state index in [4.69, 9.17) is 21.1 Å². The molecule has 0 aliphatic carbocycles. The van der Waals surface area contributed by atoms with Crippen LogP contribution in [0.2, 0.25) is 5.02 Å². The maximum absolute atomic E-state index is 6.04. The first-order chi connectivity index (χ1) is 8.69. The molecule has 102 valence electrons. The van der Waals surface area contributed by atoms with Gasteiger partial charge in [-0.25, -0.2) is 0 Å². The van der Waals surface area contributed by atoms with Gasteiger partial charge in [-0.05, 0) is 38.6 Å². The number of hydrogen-bond donors (Lipinski definition) is 1. The molecule has 0 bridgehead atoms. The zero-order valence-corrected chi connectivity index (χ0v) is 12.1. The van der Waals surface area contributed by atoms with Crippen LogP contribution in [0.5, 0.6) is 5.75 Å². The Morgan fingerprint density at radius 2 is 2.06 bits per heavy atom. The van der Waals surface area contributed by atoms with E-state index in [1.54, 1.807) is 0 Å². The van der Waals surface area contributed by atoms with Gasteiger partial charge in [-0.1, -0.05) is 18.5 Å². The van der Waals surface area contributed by atoms with E-state index in [-0.39, 0.29) is 6.04 Å². The van der Waals surface area contributed by atoms with Gasteiger partial charge >= 0.3 is 0 Å². The fourth-order valence-electron chi connectivity index (χ4n) is 1.76. The second-order valence-electron chi connectivity index (χ2n) is 4.01. The highest BCUT2D eigenvalue weighted by Gasteiger charge is 2.11. The molecule has 0 saturated carbocycles. The molecule has 0 amide bonds. The monoisotopic (exact) mass is 271 g/mol. The van der Waals surface area contributed by atoms with Gasteiger partial charge < -0.3 is 14.8 Å². The summed E-state index contributed by atoms with van der Waals surface area (Å²) in [5, 5.41) is 4.09. The third kappa shape index (κ3) is 4.84. The van der Waals surface area contributed by atoms with Crippen LogP contribution in [0, 0.1) is 0 Å². The minimum atomic E-state index is 0.218. The van der Waals surface area contributed by atoms with Crippen molar-refractivity contribution in [1.29, 1.82) is 0 Å². The van der Waals surface area contributed by atoms with Gasteiger partial charge in [0.05, 0.1) is 6.61 Å². The summed E-state index contributed by atoms with van der Waals surface area (Å²) in [6.07, 6.45) is 0. The van der Waals surface area contributed by atoms with Gasteiger partial charge in [-0.2, -0.15) is 0 Å². The molecule has 1 aromatic rings. The molecule has 1 rings (SSSR count). The van der Waals surface area contributed by atoms with E-state index in [1.807, 2.05) is 25.1 Å². The maximum Gasteiger partial charge on any atom is 0.124 e. The summed E-state index contributed by atoms with van der Waals surface area (Å²) in [6, 6.07) is 5.93. The Morgan fingerprint density at radius 3 is 2.72 bits per heavy atom. The van der Waals surface area contributed by atoms with E-state index >= 15 is 0 Å². The molecule has 1 atom stereocenters. The Kier molecular flexibility index (Phi) is 7.09. The van der Waals surface area contributed by atoms with Crippen molar-refractivity contribution in [2.24, 2.45) is 0 Å². The summed E-state index contributed by atoms with van der Waals surface area (Å²) >= 11 is 6.04. The minimum Gasteiger partial charge on any atom is -0.491 e. The molecule has 0 radical (unpaired) electrons. The van der Waals surface area contributed by atoms with Crippen LogP contribution in [0.25, 0.3) is 0 Å². The van der Waals surface area contributed by atoms with Crippen molar-refractivity contribution in [2.45, 2.75) is 26.8 Å². The molecule has 1 unspecified atom stereocenters. The molecule has 1 aromatic carbocycles. The molecule has 0 aliphatic rings. The van der Waals surface area contributed by atoms with Crippen LogP contribution >= 0.6 is 11.6 Å². The average Bonchev–Trinajstić information content (AvgIpc) is 2.36. The van der Waals surface area contributed by atoms with Crippen molar-refractivity contribution >= 4 is 11.6 Å². The van der Waals surface area contributed by atoms with E-state index in [1.165, 1.54) is 0 Å². The molecule has 0 fully saturated rings. The summed E-state index contributed by atoms with van der Waals surface area (Å²) in [6.45, 7) is 8.94. The van der Waals surface area contributed by atoms with Gasteiger partial charge in [-0.3, -0.25) is 0 Å². The second-order valence-corrected chi connectivity index (χ2v) is 4.44. The van der Waals surface area contributed by atoms with E-state index in [9.17, 15) is 0 Å². The van der Waals surface area contributed by atoms with Crippen LogP contribution in [0.1, 0.15) is 32.4 Å². The van der Waals surface area contributed by atoms with Gasteiger partial charge in [0, 0.05) is 23.2 Å². The van der Waals surface area contributed by atoms with Gasteiger partial charge in [0.2, 0.25) is 0 Å². The Morgan fingerprint density at radius 1 is 1.28 bits per heavy atom. The number of rotatable bonds is 8. The number of hydrogen-bond acceptors (Lipinski definition) is 3. The van der Waals surface area contributed by atoms with Crippen LogP contribution < -0.4 is 10.1 Å². The number of ether oxygens (including phenoxy) is 2. The van der Waals surface area contributed by atoms with Crippen molar-refractivity contribution in [3.8, 4) is 5.75 Å². The molecule has 1 N–H and O–H groups in total. The summed E-state index contributed by atoms with van der Waals surface area (Å²) in [5.74, 6) is 0.868. The van der Waals surface area contributed by atoms with Gasteiger partial charge in [-0.15, -0.1) is 0 Å². The van der Waals surface area contributed by atoms with E-state index < -0.39 is 0 Å². The number of benzene rings is 1. The van der Waals surface area contributed by atoms with E-state index in [2.05, 4.69) is 19.2 Å². The highest BCUT2D eigenvalue weighted by Crippen LogP contribution is 2.28. The largest absolute Gasteiger partial charge is 0.491 e. The molecule has 0 heterocycles. The van der Waals surface area contributed by atoms with Crippen LogP contribution in [-0.2, 0) is 4.74 Å². The van der Waals surface area contributed by atoms with E-state index in [0.29, 0.717) is 19.8 Å². The normalized spacial score (nSPS) is 12.4. The van der Waals surface area contributed by atoms with Crippen molar-refractivity contribution in [3.05, 3.63) is 28.8 Å². The molecule has 0 aliphatic heterocycles. The fourth-order valence-corrected chi connectivity index (χ4v) is 1.94. The Balaban J connectivity index is 2.70. The van der Waals surface area contributed by atoms with Crippen molar-refractivity contribution < 1.29 is 9.47 Å². The molecule has 0 saturated heterocycles. The predicted octanol–water partition coefficient (Wildman–Crippen LogP) is 3.43. The molecule has 18 heavy (non-hydrogen) atoms. The van der Waals surface area contributed by atoms with Crippen LogP contribution in [0.15, 0.2) is 18.2 Å². The topological polar surface area (TPSA) is 30.5 Å². The quantitative estimate of drug-likeness (QED) is 0.735. The maximum atomic E-state index is 6.04. The summed E-state index contributed by atoms with van der Waals surface area (Å²) in [4.78, 5) is 0. The molecular weight excluding hydrogens is 250 g/mol. The van der Waals surface area contributed by atoms with Crippen molar-refractivity contribution in [1.82, 2.24) is 5.32 Å². The smallest absolute Gasteiger partial charge is 0.124 e. The van der Waals surface area contributed by atoms with Gasteiger partial charge in [0.25, 0.3) is 0 Å². The van der Waals surface area contributed by atoms with Crippen molar-refractivity contribution in [3.63, 3.8) is 0 Å². The predicted molar refractivity (Wildman–Crippen MR) is 75.5 cm³/mol. The van der Waals surface area contributed by atoms with Crippen LogP contribution in [0.3, 0.4) is 0 Å². The first kappa shape index (κ1) is 15.3. The molecular formula is C14H22ClNO2. The number of nitrogens with one attached hydrogen (secondary N) is 1. The lowest BCUT2D eigenvalue weighted by atomic mass is 10.1. The summed E-state index contributed by atoms with van der Waals surface area (Å²) < 4.78 is 11.0. The average molecular weight is 272 g/mol. The van der Waals surface area contributed by atoms with Gasteiger partial charge in [0.15, 0.2) is 0 Å². The molecule has 0 aromatic heterocycles. The molecule has 4 heteroatoms. The lowest BCUT2D eigenvalue weighted by Gasteiger charge is -2.18. The van der Waals surface area contributed by atoms with E-state index in [0.717, 1.165) is 22.9 Å². The van der Waals surface area contributed by atoms with Gasteiger partial charge in [0.1, 0.15) is 12.4 Å². The number of halogens is 1. The Labute approximate surface area is 114 Å². The zero-order valence-electron chi connectivity index (χ0n) is 11.3. The summed E-state index contributed by atoms with van der Waals surface area (Å²) in [7, 11) is 0. The third-order valence-electron chi connectivity index (χ3n) is 2.64. The highest BCUT2D eigenvalue weighted by atomic mass is 35.5.